The van der Waals surface area contributed by atoms with E-state index in [0.717, 1.165) is 41.7 Å². The van der Waals surface area contributed by atoms with Crippen LogP contribution >= 0.6 is 0 Å². The van der Waals surface area contributed by atoms with Crippen molar-refractivity contribution in [1.29, 1.82) is 0 Å². The summed E-state index contributed by atoms with van der Waals surface area (Å²) in [6, 6.07) is 15.1. The Hall–Kier alpha value is -2.82. The zero-order valence-corrected chi connectivity index (χ0v) is 16.2. The summed E-state index contributed by atoms with van der Waals surface area (Å²) in [6.07, 6.45) is 2.68. The van der Waals surface area contributed by atoms with Gasteiger partial charge in [-0.2, -0.15) is 0 Å². The van der Waals surface area contributed by atoms with Crippen molar-refractivity contribution < 1.29 is 14.3 Å². The molecule has 5 heteroatoms. The van der Waals surface area contributed by atoms with E-state index in [2.05, 4.69) is 11.4 Å². The lowest BCUT2D eigenvalue weighted by atomic mass is 9.91. The molecular formula is C23H26N2O3. The zero-order chi connectivity index (χ0) is 19.5. The number of hydrogen-bond donors (Lipinski definition) is 1. The molecule has 0 aromatic heterocycles. The van der Waals surface area contributed by atoms with Gasteiger partial charge in [0.25, 0.3) is 0 Å². The van der Waals surface area contributed by atoms with E-state index < -0.39 is 6.04 Å². The Bertz CT molecular complexity index is 876. The molecule has 2 aromatic rings. The van der Waals surface area contributed by atoms with Crippen LogP contribution in [-0.4, -0.2) is 29.9 Å². The Morgan fingerprint density at radius 2 is 1.96 bits per heavy atom. The number of carbonyl (C=O) groups is 2. The molecular weight excluding hydrogens is 352 g/mol. The Kier molecular flexibility index (Phi) is 5.33. The third kappa shape index (κ3) is 3.88. The highest BCUT2D eigenvalue weighted by Crippen LogP contribution is 2.37. The van der Waals surface area contributed by atoms with Crippen molar-refractivity contribution in [2.24, 2.45) is 5.92 Å². The minimum atomic E-state index is -0.548. The number of benzene rings is 2. The molecule has 28 heavy (non-hydrogen) atoms. The van der Waals surface area contributed by atoms with E-state index in [1.165, 1.54) is 0 Å². The van der Waals surface area contributed by atoms with Gasteiger partial charge in [0.15, 0.2) is 0 Å². The fourth-order valence-electron chi connectivity index (χ4n) is 3.85. The molecule has 2 aromatic carbocycles. The van der Waals surface area contributed by atoms with Crippen LogP contribution in [0.5, 0.6) is 5.75 Å². The minimum absolute atomic E-state index is 0.100. The van der Waals surface area contributed by atoms with Gasteiger partial charge in [0.1, 0.15) is 11.8 Å². The maximum absolute atomic E-state index is 13.2. The fraction of sp³-hybridized carbons (Fsp3) is 0.391. The fourth-order valence-corrected chi connectivity index (χ4v) is 3.85. The average Bonchev–Trinajstić information content (AvgIpc) is 3.56. The maximum atomic E-state index is 13.2. The number of amides is 2. The quantitative estimate of drug-likeness (QED) is 0.840. The predicted molar refractivity (Wildman–Crippen MR) is 107 cm³/mol. The van der Waals surface area contributed by atoms with Crippen LogP contribution in [0.4, 0.5) is 0 Å². The second kappa shape index (κ2) is 8.05. The largest absolute Gasteiger partial charge is 0.494 e. The molecule has 1 aliphatic heterocycles. The van der Waals surface area contributed by atoms with Crippen molar-refractivity contribution in [2.45, 2.75) is 38.8 Å². The van der Waals surface area contributed by atoms with E-state index in [1.807, 2.05) is 49.4 Å². The molecule has 0 bridgehead atoms. The SMILES string of the molecule is CCOc1cccc(CNC(=O)C2c3ccccc3CCN2C(=O)C2CC2)c1. The van der Waals surface area contributed by atoms with E-state index in [0.29, 0.717) is 19.7 Å². The highest BCUT2D eigenvalue weighted by atomic mass is 16.5. The Labute approximate surface area is 165 Å². The molecule has 1 atom stereocenters. The van der Waals surface area contributed by atoms with Crippen LogP contribution < -0.4 is 10.1 Å². The topological polar surface area (TPSA) is 58.6 Å². The van der Waals surface area contributed by atoms with Crippen LogP contribution in [0.15, 0.2) is 48.5 Å². The second-order valence-corrected chi connectivity index (χ2v) is 7.46. The number of ether oxygens (including phenoxy) is 1. The van der Waals surface area contributed by atoms with Gasteiger partial charge in [0.05, 0.1) is 6.61 Å². The Morgan fingerprint density at radius 3 is 2.75 bits per heavy atom. The molecule has 2 aliphatic rings. The normalized spacial score (nSPS) is 18.3. The van der Waals surface area contributed by atoms with Crippen molar-refractivity contribution >= 4 is 11.8 Å². The maximum Gasteiger partial charge on any atom is 0.247 e. The lowest BCUT2D eigenvalue weighted by Crippen LogP contribution is -2.47. The Morgan fingerprint density at radius 1 is 1.14 bits per heavy atom. The van der Waals surface area contributed by atoms with Gasteiger partial charge in [-0.3, -0.25) is 9.59 Å². The molecule has 2 amide bonds. The molecule has 1 N–H and O–H groups in total. The average molecular weight is 378 g/mol. The lowest BCUT2D eigenvalue weighted by molar-refractivity contribution is -0.142. The van der Waals surface area contributed by atoms with Crippen LogP contribution in [-0.2, 0) is 22.6 Å². The molecule has 0 saturated heterocycles. The molecule has 146 valence electrons. The first-order valence-electron chi connectivity index (χ1n) is 10.0. The summed E-state index contributed by atoms with van der Waals surface area (Å²) in [7, 11) is 0. The predicted octanol–water partition coefficient (Wildman–Crippen LogP) is 3.24. The zero-order valence-electron chi connectivity index (χ0n) is 16.2. The molecule has 1 saturated carbocycles. The highest BCUT2D eigenvalue weighted by Gasteiger charge is 2.41. The van der Waals surface area contributed by atoms with Crippen molar-refractivity contribution in [2.75, 3.05) is 13.2 Å². The van der Waals surface area contributed by atoms with Crippen LogP contribution in [0.1, 0.15) is 42.5 Å². The molecule has 5 nitrogen and oxygen atoms in total. The number of rotatable bonds is 6. The minimum Gasteiger partial charge on any atom is -0.494 e. The van der Waals surface area contributed by atoms with E-state index in [9.17, 15) is 9.59 Å². The van der Waals surface area contributed by atoms with E-state index in [4.69, 9.17) is 4.74 Å². The lowest BCUT2D eigenvalue weighted by Gasteiger charge is -2.36. The van der Waals surface area contributed by atoms with Crippen molar-refractivity contribution in [3.63, 3.8) is 0 Å². The van der Waals surface area contributed by atoms with Gasteiger partial charge >= 0.3 is 0 Å². The number of nitrogens with one attached hydrogen (secondary N) is 1. The van der Waals surface area contributed by atoms with Crippen LogP contribution in [0.2, 0.25) is 0 Å². The summed E-state index contributed by atoms with van der Waals surface area (Å²) in [5.41, 5.74) is 3.08. The summed E-state index contributed by atoms with van der Waals surface area (Å²) < 4.78 is 5.53. The number of hydrogen-bond acceptors (Lipinski definition) is 3. The number of fused-ring (bicyclic) bond motifs is 1. The summed E-state index contributed by atoms with van der Waals surface area (Å²) >= 11 is 0. The number of carbonyl (C=O) groups excluding carboxylic acids is 2. The first kappa shape index (κ1) is 18.5. The summed E-state index contributed by atoms with van der Waals surface area (Å²) in [5, 5.41) is 3.03. The van der Waals surface area contributed by atoms with E-state index in [1.54, 1.807) is 4.90 Å². The van der Waals surface area contributed by atoms with Crippen LogP contribution in [0, 0.1) is 5.92 Å². The van der Waals surface area contributed by atoms with Crippen molar-refractivity contribution in [3.05, 3.63) is 65.2 Å². The molecule has 1 aliphatic carbocycles. The van der Waals surface area contributed by atoms with E-state index >= 15 is 0 Å². The van der Waals surface area contributed by atoms with Crippen molar-refractivity contribution in [1.82, 2.24) is 10.2 Å². The molecule has 1 heterocycles. The molecule has 1 fully saturated rings. The highest BCUT2D eigenvalue weighted by molar-refractivity contribution is 5.91. The van der Waals surface area contributed by atoms with Crippen LogP contribution in [0.3, 0.4) is 0 Å². The summed E-state index contributed by atoms with van der Waals surface area (Å²) in [6.45, 7) is 3.56. The monoisotopic (exact) mass is 378 g/mol. The second-order valence-electron chi connectivity index (χ2n) is 7.46. The van der Waals surface area contributed by atoms with Crippen LogP contribution in [0.25, 0.3) is 0 Å². The van der Waals surface area contributed by atoms with E-state index in [-0.39, 0.29) is 17.7 Å². The Balaban J connectivity index is 1.53. The van der Waals surface area contributed by atoms with Gasteiger partial charge in [-0.25, -0.2) is 0 Å². The molecule has 4 rings (SSSR count). The summed E-state index contributed by atoms with van der Waals surface area (Å²) in [4.78, 5) is 27.8. The number of nitrogens with zero attached hydrogens (tertiary/aromatic N) is 1. The molecule has 0 radical (unpaired) electrons. The smallest absolute Gasteiger partial charge is 0.247 e. The van der Waals surface area contributed by atoms with Gasteiger partial charge in [-0.15, -0.1) is 0 Å². The summed E-state index contributed by atoms with van der Waals surface area (Å²) in [5.74, 6) is 0.891. The third-order valence-corrected chi connectivity index (χ3v) is 5.42. The van der Waals surface area contributed by atoms with Gasteiger partial charge in [-0.05, 0) is 55.0 Å². The van der Waals surface area contributed by atoms with Crippen molar-refractivity contribution in [3.8, 4) is 5.75 Å². The third-order valence-electron chi connectivity index (χ3n) is 5.42. The van der Waals surface area contributed by atoms with Gasteiger partial charge in [-0.1, -0.05) is 36.4 Å². The first-order chi connectivity index (χ1) is 13.7. The molecule has 0 spiro atoms. The first-order valence-corrected chi connectivity index (χ1v) is 10.0. The molecule has 1 unspecified atom stereocenters. The van der Waals surface area contributed by atoms with Gasteiger partial charge in [0.2, 0.25) is 11.8 Å². The standard InChI is InChI=1S/C23H26N2O3/c1-2-28-19-8-5-6-16(14-19)15-24-22(26)21-20-9-4-3-7-17(20)12-13-25(21)23(27)18-10-11-18/h3-9,14,18,21H,2,10-13,15H2,1H3,(H,24,26). The van der Waals surface area contributed by atoms with Gasteiger partial charge < -0.3 is 15.0 Å². The van der Waals surface area contributed by atoms with Gasteiger partial charge in [0, 0.05) is 19.0 Å².